The van der Waals surface area contributed by atoms with E-state index in [1.54, 1.807) is 19.9 Å². The van der Waals surface area contributed by atoms with Crippen LogP contribution in [0.15, 0.2) is 40.5 Å². The summed E-state index contributed by atoms with van der Waals surface area (Å²) < 4.78 is 10.7. The second kappa shape index (κ2) is 9.95. The second-order valence-electron chi connectivity index (χ2n) is 6.86. The minimum Gasteiger partial charge on any atom is -0.465 e. The summed E-state index contributed by atoms with van der Waals surface area (Å²) >= 11 is 0. The van der Waals surface area contributed by atoms with E-state index in [2.05, 4.69) is 4.99 Å². The molecule has 0 spiro atoms. The van der Waals surface area contributed by atoms with Gasteiger partial charge in [-0.1, -0.05) is 26.0 Å². The van der Waals surface area contributed by atoms with Crippen molar-refractivity contribution in [3.05, 3.63) is 51.2 Å². The molecule has 0 aromatic heterocycles. The summed E-state index contributed by atoms with van der Waals surface area (Å²) in [6, 6.07) is 5.94. The van der Waals surface area contributed by atoms with E-state index in [9.17, 15) is 19.7 Å². The molecule has 2 rings (SSSR count). The summed E-state index contributed by atoms with van der Waals surface area (Å²) in [6.07, 6.45) is 1.29. The molecule has 0 radical (unpaired) electrons. The second-order valence-corrected chi connectivity index (χ2v) is 6.86. The fourth-order valence-electron chi connectivity index (χ4n) is 3.36. The first-order valence-corrected chi connectivity index (χ1v) is 9.65. The molecule has 0 saturated heterocycles. The number of allylic oxidation sites excluding steroid dienone is 1. The number of nitro benzene ring substituents is 1. The summed E-state index contributed by atoms with van der Waals surface area (Å²) in [5, 5.41) is 11.3. The Morgan fingerprint density at radius 2 is 1.79 bits per heavy atom. The van der Waals surface area contributed by atoms with Crippen molar-refractivity contribution in [1.82, 2.24) is 0 Å². The Labute approximate surface area is 169 Å². The summed E-state index contributed by atoms with van der Waals surface area (Å²) in [5.74, 6) is -2.74. The lowest BCUT2D eigenvalue weighted by atomic mass is 9.75. The minimum absolute atomic E-state index is 0.123. The third kappa shape index (κ3) is 5.07. The SMILES string of the molecule is CCCOC(=O)C1=C(C)N=C(C)C(C(=O)OCCC)C1c1cccc([N+](=O)[O-])c1. The maximum atomic E-state index is 12.8. The molecule has 0 amide bonds. The Bertz CT molecular complexity index is 858. The zero-order valence-electron chi connectivity index (χ0n) is 17.1. The van der Waals surface area contributed by atoms with E-state index in [4.69, 9.17) is 9.47 Å². The lowest BCUT2D eigenvalue weighted by Crippen LogP contribution is -2.36. The first-order valence-electron chi connectivity index (χ1n) is 9.65. The van der Waals surface area contributed by atoms with E-state index < -0.39 is 28.7 Å². The summed E-state index contributed by atoms with van der Waals surface area (Å²) in [7, 11) is 0. The zero-order chi connectivity index (χ0) is 21.6. The van der Waals surface area contributed by atoms with Crippen molar-refractivity contribution in [2.75, 3.05) is 13.2 Å². The molecule has 2 unspecified atom stereocenters. The third-order valence-corrected chi connectivity index (χ3v) is 4.63. The smallest absolute Gasteiger partial charge is 0.336 e. The molecular formula is C21H26N2O6. The van der Waals surface area contributed by atoms with Crippen LogP contribution in [0.3, 0.4) is 0 Å². The van der Waals surface area contributed by atoms with Crippen LogP contribution in [0.2, 0.25) is 0 Å². The lowest BCUT2D eigenvalue weighted by molar-refractivity contribution is -0.384. The van der Waals surface area contributed by atoms with Crippen molar-refractivity contribution < 1.29 is 24.0 Å². The van der Waals surface area contributed by atoms with Crippen molar-refractivity contribution in [3.63, 3.8) is 0 Å². The zero-order valence-corrected chi connectivity index (χ0v) is 17.1. The first kappa shape index (κ1) is 22.3. The highest BCUT2D eigenvalue weighted by Gasteiger charge is 2.42. The molecule has 2 atom stereocenters. The minimum atomic E-state index is -0.864. The van der Waals surface area contributed by atoms with Gasteiger partial charge >= 0.3 is 11.9 Å². The maximum absolute atomic E-state index is 12.8. The average molecular weight is 402 g/mol. The van der Waals surface area contributed by atoms with Crippen LogP contribution in [-0.4, -0.2) is 35.8 Å². The number of hydrogen-bond acceptors (Lipinski definition) is 7. The molecule has 1 aliphatic rings. The van der Waals surface area contributed by atoms with Crippen molar-refractivity contribution in [1.29, 1.82) is 0 Å². The number of aliphatic imine (C=N–C) groups is 1. The van der Waals surface area contributed by atoms with Crippen LogP contribution in [-0.2, 0) is 19.1 Å². The number of hydrogen-bond donors (Lipinski definition) is 0. The van der Waals surface area contributed by atoms with Crippen LogP contribution in [0, 0.1) is 16.0 Å². The summed E-state index contributed by atoms with van der Waals surface area (Å²) in [4.78, 5) is 40.8. The largest absolute Gasteiger partial charge is 0.465 e. The van der Waals surface area contributed by atoms with Crippen LogP contribution >= 0.6 is 0 Å². The molecule has 1 aromatic rings. The van der Waals surface area contributed by atoms with Crippen LogP contribution < -0.4 is 0 Å². The van der Waals surface area contributed by atoms with E-state index in [0.717, 1.165) is 0 Å². The number of rotatable bonds is 8. The fraction of sp³-hybridized carbons (Fsp3) is 0.476. The molecular weight excluding hydrogens is 376 g/mol. The van der Waals surface area contributed by atoms with Gasteiger partial charge in [-0.05, 0) is 32.3 Å². The quantitative estimate of drug-likeness (QED) is 0.370. The molecule has 0 aliphatic carbocycles. The van der Waals surface area contributed by atoms with Crippen molar-refractivity contribution in [3.8, 4) is 0 Å². The van der Waals surface area contributed by atoms with Crippen molar-refractivity contribution in [2.45, 2.75) is 46.5 Å². The van der Waals surface area contributed by atoms with E-state index in [1.807, 2.05) is 13.8 Å². The molecule has 8 nitrogen and oxygen atoms in total. The maximum Gasteiger partial charge on any atom is 0.336 e. The molecule has 1 aromatic carbocycles. The summed E-state index contributed by atoms with van der Waals surface area (Å²) in [6.45, 7) is 7.59. The Morgan fingerprint density at radius 3 is 2.41 bits per heavy atom. The predicted octanol–water partition coefficient (Wildman–Crippen LogP) is 3.95. The molecule has 29 heavy (non-hydrogen) atoms. The van der Waals surface area contributed by atoms with Gasteiger partial charge in [-0.15, -0.1) is 0 Å². The molecule has 8 heteroatoms. The molecule has 0 N–H and O–H groups in total. The highest BCUT2D eigenvalue weighted by Crippen LogP contribution is 2.41. The number of benzene rings is 1. The topological polar surface area (TPSA) is 108 Å². The van der Waals surface area contributed by atoms with Gasteiger partial charge in [0.05, 0.1) is 23.7 Å². The van der Waals surface area contributed by atoms with E-state index in [0.29, 0.717) is 29.8 Å². The van der Waals surface area contributed by atoms with Crippen molar-refractivity contribution >= 4 is 23.3 Å². The van der Waals surface area contributed by atoms with Gasteiger partial charge in [0, 0.05) is 29.5 Å². The number of nitro groups is 1. The first-order chi connectivity index (χ1) is 13.8. The van der Waals surface area contributed by atoms with Crippen LogP contribution in [0.5, 0.6) is 0 Å². The Kier molecular flexibility index (Phi) is 7.64. The fourth-order valence-corrected chi connectivity index (χ4v) is 3.36. The molecule has 1 aliphatic heterocycles. The summed E-state index contributed by atoms with van der Waals surface area (Å²) in [5.41, 5.74) is 1.49. The number of non-ortho nitro benzene ring substituents is 1. The molecule has 0 saturated carbocycles. The number of carbonyl (C=O) groups is 2. The average Bonchev–Trinajstić information content (AvgIpc) is 2.69. The molecule has 0 bridgehead atoms. The monoisotopic (exact) mass is 402 g/mol. The van der Waals surface area contributed by atoms with Crippen LogP contribution in [0.4, 0.5) is 5.69 Å². The van der Waals surface area contributed by atoms with E-state index in [1.165, 1.54) is 18.2 Å². The van der Waals surface area contributed by atoms with Crippen LogP contribution in [0.1, 0.15) is 52.0 Å². The lowest BCUT2D eigenvalue weighted by Gasteiger charge is -2.31. The third-order valence-electron chi connectivity index (χ3n) is 4.63. The number of carbonyl (C=O) groups excluding carboxylic acids is 2. The number of esters is 2. The van der Waals surface area contributed by atoms with E-state index in [-0.39, 0.29) is 24.5 Å². The molecule has 1 heterocycles. The van der Waals surface area contributed by atoms with Gasteiger partial charge in [0.2, 0.25) is 0 Å². The van der Waals surface area contributed by atoms with Crippen LogP contribution in [0.25, 0.3) is 0 Å². The van der Waals surface area contributed by atoms with Gasteiger partial charge in [-0.25, -0.2) is 4.79 Å². The highest BCUT2D eigenvalue weighted by atomic mass is 16.6. The van der Waals surface area contributed by atoms with Gasteiger partial charge in [-0.3, -0.25) is 19.9 Å². The predicted molar refractivity (Wildman–Crippen MR) is 108 cm³/mol. The Morgan fingerprint density at radius 1 is 1.14 bits per heavy atom. The van der Waals surface area contributed by atoms with E-state index >= 15 is 0 Å². The number of ether oxygens (including phenoxy) is 2. The normalized spacial score (nSPS) is 18.8. The van der Waals surface area contributed by atoms with Gasteiger partial charge in [-0.2, -0.15) is 0 Å². The van der Waals surface area contributed by atoms with Gasteiger partial charge in [0.25, 0.3) is 5.69 Å². The number of nitrogens with zero attached hydrogens (tertiary/aromatic N) is 2. The highest BCUT2D eigenvalue weighted by molar-refractivity contribution is 6.07. The standard InChI is InChI=1S/C21H26N2O6/c1-5-10-28-20(24)17-13(3)22-14(4)18(21(25)29-11-6-2)19(17)15-8-7-9-16(12-15)23(26)27/h7-9,12,17,19H,5-6,10-11H2,1-4H3. The van der Waals surface area contributed by atoms with Gasteiger partial charge in [0.15, 0.2) is 0 Å². The van der Waals surface area contributed by atoms with Crippen molar-refractivity contribution in [2.24, 2.45) is 10.9 Å². The molecule has 156 valence electrons. The molecule has 0 fully saturated rings. The Balaban J connectivity index is 2.60. The Hall–Kier alpha value is -3.03. The van der Waals surface area contributed by atoms with Gasteiger partial charge < -0.3 is 9.47 Å². The van der Waals surface area contributed by atoms with Gasteiger partial charge in [0.1, 0.15) is 5.92 Å².